The molecule has 18 heavy (non-hydrogen) atoms. The highest BCUT2D eigenvalue weighted by molar-refractivity contribution is 6.34. The Morgan fingerprint density at radius 2 is 2.17 bits per heavy atom. The minimum absolute atomic E-state index is 0.325. The molecular weight excluding hydrogens is 275 g/mol. The summed E-state index contributed by atoms with van der Waals surface area (Å²) in [6.07, 6.45) is 1.83. The first-order valence-electron chi connectivity index (χ1n) is 5.43. The maximum atomic E-state index is 6.04. The van der Waals surface area contributed by atoms with Gasteiger partial charge in [0.25, 0.3) is 0 Å². The Morgan fingerprint density at radius 3 is 2.83 bits per heavy atom. The summed E-state index contributed by atoms with van der Waals surface area (Å²) >= 11 is 11.9. The maximum absolute atomic E-state index is 6.04. The van der Waals surface area contributed by atoms with Gasteiger partial charge in [0, 0.05) is 23.6 Å². The molecule has 1 heterocycles. The van der Waals surface area contributed by atoms with Gasteiger partial charge in [-0.3, -0.25) is 0 Å². The van der Waals surface area contributed by atoms with Crippen LogP contribution < -0.4 is 10.5 Å². The first-order valence-corrected chi connectivity index (χ1v) is 6.18. The molecule has 4 nitrogen and oxygen atoms in total. The van der Waals surface area contributed by atoms with E-state index in [0.717, 1.165) is 0 Å². The summed E-state index contributed by atoms with van der Waals surface area (Å²) in [7, 11) is 0. The van der Waals surface area contributed by atoms with Gasteiger partial charge in [-0.1, -0.05) is 28.4 Å². The number of rotatable bonds is 5. The predicted molar refractivity (Wildman–Crippen MR) is 70.0 cm³/mol. The standard InChI is InChI=1S/C12H12Cl2N2O2/c13-8-1-2-9(14)12(7-8)17-10(3-5-15)11-4-6-16-18-11/h1-2,4,6-7,10H,3,5,15H2/t10-/m1/s1. The Hall–Kier alpha value is -1.23. The third kappa shape index (κ3) is 3.16. The molecule has 2 N–H and O–H groups in total. The van der Waals surface area contributed by atoms with Crippen molar-refractivity contribution in [3.63, 3.8) is 0 Å². The normalized spacial score (nSPS) is 12.4. The zero-order valence-corrected chi connectivity index (χ0v) is 11.0. The number of halogens is 2. The third-order valence-corrected chi connectivity index (χ3v) is 2.91. The van der Waals surface area contributed by atoms with E-state index in [0.29, 0.717) is 34.5 Å². The molecule has 0 saturated heterocycles. The van der Waals surface area contributed by atoms with Gasteiger partial charge < -0.3 is 15.0 Å². The Labute approximate surface area is 115 Å². The largest absolute Gasteiger partial charge is 0.481 e. The molecule has 1 aromatic heterocycles. The van der Waals surface area contributed by atoms with Gasteiger partial charge in [-0.05, 0) is 18.7 Å². The molecule has 2 rings (SSSR count). The van der Waals surface area contributed by atoms with Gasteiger partial charge in [0.1, 0.15) is 5.75 Å². The Bertz CT molecular complexity index is 503. The molecule has 0 aliphatic carbocycles. The SMILES string of the molecule is NCC[C@@H](Oc1cc(Cl)ccc1Cl)c1ccno1. The molecule has 2 aromatic rings. The quantitative estimate of drug-likeness (QED) is 0.914. The minimum Gasteiger partial charge on any atom is -0.481 e. The van der Waals surface area contributed by atoms with Crippen molar-refractivity contribution in [2.24, 2.45) is 5.73 Å². The second-order valence-corrected chi connectivity index (χ2v) is 4.52. The average molecular weight is 287 g/mol. The van der Waals surface area contributed by atoms with E-state index < -0.39 is 0 Å². The van der Waals surface area contributed by atoms with Crippen LogP contribution in [0.3, 0.4) is 0 Å². The van der Waals surface area contributed by atoms with E-state index in [1.165, 1.54) is 0 Å². The number of nitrogens with two attached hydrogens (primary N) is 1. The van der Waals surface area contributed by atoms with E-state index in [1.54, 1.807) is 30.5 Å². The van der Waals surface area contributed by atoms with Crippen LogP contribution in [0.1, 0.15) is 18.3 Å². The topological polar surface area (TPSA) is 61.3 Å². The van der Waals surface area contributed by atoms with Crippen molar-refractivity contribution in [2.45, 2.75) is 12.5 Å². The van der Waals surface area contributed by atoms with E-state index in [2.05, 4.69) is 5.16 Å². The van der Waals surface area contributed by atoms with E-state index in [1.807, 2.05) is 0 Å². The van der Waals surface area contributed by atoms with Crippen LogP contribution in [0.2, 0.25) is 10.0 Å². The first-order chi connectivity index (χ1) is 8.70. The highest BCUT2D eigenvalue weighted by atomic mass is 35.5. The van der Waals surface area contributed by atoms with E-state index in [9.17, 15) is 0 Å². The van der Waals surface area contributed by atoms with Crippen molar-refractivity contribution in [3.8, 4) is 5.75 Å². The number of aromatic nitrogens is 1. The molecule has 0 bridgehead atoms. The van der Waals surface area contributed by atoms with Crippen molar-refractivity contribution in [1.29, 1.82) is 0 Å². The van der Waals surface area contributed by atoms with Crippen LogP contribution in [0.4, 0.5) is 0 Å². The molecule has 96 valence electrons. The maximum Gasteiger partial charge on any atom is 0.177 e. The lowest BCUT2D eigenvalue weighted by Crippen LogP contribution is -2.12. The fourth-order valence-corrected chi connectivity index (χ4v) is 1.85. The summed E-state index contributed by atoms with van der Waals surface area (Å²) in [5.41, 5.74) is 5.56. The molecule has 0 radical (unpaired) electrons. The molecule has 0 amide bonds. The Balaban J connectivity index is 2.21. The molecule has 0 aliphatic heterocycles. The van der Waals surface area contributed by atoms with Gasteiger partial charge in [0.2, 0.25) is 0 Å². The molecule has 0 aliphatic rings. The van der Waals surface area contributed by atoms with Crippen molar-refractivity contribution in [1.82, 2.24) is 5.16 Å². The van der Waals surface area contributed by atoms with Crippen LogP contribution in [0.25, 0.3) is 0 Å². The second kappa shape index (κ2) is 6.09. The molecule has 6 heteroatoms. The molecule has 1 aromatic carbocycles. The van der Waals surface area contributed by atoms with Gasteiger partial charge in [0.05, 0.1) is 11.2 Å². The third-order valence-electron chi connectivity index (χ3n) is 2.37. The van der Waals surface area contributed by atoms with Crippen molar-refractivity contribution in [2.75, 3.05) is 6.54 Å². The predicted octanol–water partition coefficient (Wildman–Crippen LogP) is 3.45. The summed E-state index contributed by atoms with van der Waals surface area (Å²) in [6.45, 7) is 0.462. The molecule has 1 atom stereocenters. The summed E-state index contributed by atoms with van der Waals surface area (Å²) in [6, 6.07) is 6.77. The van der Waals surface area contributed by atoms with Crippen LogP contribution in [0, 0.1) is 0 Å². The van der Waals surface area contributed by atoms with Crippen LogP contribution in [-0.4, -0.2) is 11.7 Å². The van der Waals surface area contributed by atoms with Gasteiger partial charge in [-0.25, -0.2) is 0 Å². The first kappa shape index (κ1) is 13.2. The lowest BCUT2D eigenvalue weighted by molar-refractivity contribution is 0.157. The summed E-state index contributed by atoms with van der Waals surface area (Å²) in [5.74, 6) is 1.11. The summed E-state index contributed by atoms with van der Waals surface area (Å²) < 4.78 is 10.9. The van der Waals surface area contributed by atoms with Crippen LogP contribution in [-0.2, 0) is 0 Å². The smallest absolute Gasteiger partial charge is 0.177 e. The number of benzene rings is 1. The molecule has 0 fully saturated rings. The number of hydrogen-bond donors (Lipinski definition) is 1. The number of hydrogen-bond acceptors (Lipinski definition) is 4. The molecule has 0 spiro atoms. The van der Waals surface area contributed by atoms with Gasteiger partial charge in [-0.15, -0.1) is 0 Å². The average Bonchev–Trinajstić information content (AvgIpc) is 2.87. The van der Waals surface area contributed by atoms with Crippen molar-refractivity contribution < 1.29 is 9.26 Å². The van der Waals surface area contributed by atoms with Gasteiger partial charge in [-0.2, -0.15) is 0 Å². The zero-order chi connectivity index (χ0) is 13.0. The molecule has 0 saturated carbocycles. The van der Waals surface area contributed by atoms with Crippen LogP contribution in [0.5, 0.6) is 5.75 Å². The van der Waals surface area contributed by atoms with Crippen LogP contribution in [0.15, 0.2) is 35.0 Å². The number of ether oxygens (including phenoxy) is 1. The van der Waals surface area contributed by atoms with E-state index >= 15 is 0 Å². The molecular formula is C12H12Cl2N2O2. The lowest BCUT2D eigenvalue weighted by Gasteiger charge is -2.16. The zero-order valence-electron chi connectivity index (χ0n) is 9.48. The highest BCUT2D eigenvalue weighted by Gasteiger charge is 2.18. The monoisotopic (exact) mass is 286 g/mol. The van der Waals surface area contributed by atoms with Crippen LogP contribution >= 0.6 is 23.2 Å². The summed E-state index contributed by atoms with van der Waals surface area (Å²) in [5, 5.41) is 4.69. The lowest BCUT2D eigenvalue weighted by atomic mass is 10.2. The highest BCUT2D eigenvalue weighted by Crippen LogP contribution is 2.32. The second-order valence-electron chi connectivity index (χ2n) is 3.67. The van der Waals surface area contributed by atoms with E-state index in [4.69, 9.17) is 38.2 Å². The fourth-order valence-electron chi connectivity index (χ4n) is 1.52. The minimum atomic E-state index is -0.325. The Morgan fingerprint density at radius 1 is 1.33 bits per heavy atom. The Kier molecular flexibility index (Phi) is 4.47. The van der Waals surface area contributed by atoms with Crippen molar-refractivity contribution >= 4 is 23.2 Å². The van der Waals surface area contributed by atoms with Gasteiger partial charge in [0.15, 0.2) is 11.9 Å². The number of nitrogens with zero attached hydrogens (tertiary/aromatic N) is 1. The van der Waals surface area contributed by atoms with E-state index in [-0.39, 0.29) is 6.10 Å². The molecule has 0 unspecified atom stereocenters. The van der Waals surface area contributed by atoms with Crippen molar-refractivity contribution in [3.05, 3.63) is 46.3 Å². The summed E-state index contributed by atoms with van der Waals surface area (Å²) in [4.78, 5) is 0. The van der Waals surface area contributed by atoms with Gasteiger partial charge >= 0.3 is 0 Å². The fraction of sp³-hybridized carbons (Fsp3) is 0.250.